The molecule has 1 heterocycles. The molecule has 0 aliphatic rings. The first-order valence-electron chi connectivity index (χ1n) is 19.9. The second-order valence-corrected chi connectivity index (χ2v) is 14.9. The van der Waals surface area contributed by atoms with Gasteiger partial charge >= 0.3 is 0 Å². The number of aromatic nitrogens is 1. The van der Waals surface area contributed by atoms with Crippen molar-refractivity contribution < 1.29 is 0 Å². The van der Waals surface area contributed by atoms with E-state index >= 15 is 0 Å². The Balaban J connectivity index is 1.15. The molecule has 1 aromatic heterocycles. The Hall–Kier alpha value is -7.68. The fraction of sp³-hybridized carbons (Fsp3) is 0. The highest BCUT2D eigenvalue weighted by Crippen LogP contribution is 2.47. The number of hydrogen-bond acceptors (Lipinski definition) is 1. The predicted octanol–water partition coefficient (Wildman–Crippen LogP) is 15.6. The minimum atomic E-state index is 1.09. The van der Waals surface area contributed by atoms with E-state index in [-0.39, 0.29) is 0 Å². The number of fused-ring (bicyclic) bond motifs is 6. The van der Waals surface area contributed by atoms with Gasteiger partial charge in [-0.1, -0.05) is 170 Å². The molecule has 10 aromatic carbocycles. The Morgan fingerprint density at radius 2 is 0.793 bits per heavy atom. The van der Waals surface area contributed by atoms with Crippen LogP contribution in [0, 0.1) is 0 Å². The van der Waals surface area contributed by atoms with Crippen LogP contribution < -0.4 is 4.90 Å². The minimum Gasteiger partial charge on any atom is -0.310 e. The van der Waals surface area contributed by atoms with Gasteiger partial charge in [-0.2, -0.15) is 0 Å². The van der Waals surface area contributed by atoms with Gasteiger partial charge in [-0.3, -0.25) is 0 Å². The van der Waals surface area contributed by atoms with Crippen LogP contribution in [0.5, 0.6) is 0 Å². The van der Waals surface area contributed by atoms with E-state index in [4.69, 9.17) is 0 Å². The van der Waals surface area contributed by atoms with E-state index in [9.17, 15) is 0 Å². The average Bonchev–Trinajstić information content (AvgIpc) is 3.64. The van der Waals surface area contributed by atoms with Crippen molar-refractivity contribution in [1.82, 2.24) is 4.57 Å². The zero-order valence-electron chi connectivity index (χ0n) is 31.8. The van der Waals surface area contributed by atoms with E-state index in [2.05, 4.69) is 240 Å². The third-order valence-corrected chi connectivity index (χ3v) is 11.5. The second-order valence-electron chi connectivity index (χ2n) is 14.9. The van der Waals surface area contributed by atoms with E-state index in [0.29, 0.717) is 0 Å². The van der Waals surface area contributed by atoms with E-state index in [1.54, 1.807) is 0 Å². The largest absolute Gasteiger partial charge is 0.310 e. The third kappa shape index (κ3) is 5.57. The fourth-order valence-electron chi connectivity index (χ4n) is 9.08. The molecule has 0 amide bonds. The van der Waals surface area contributed by atoms with Crippen molar-refractivity contribution in [1.29, 1.82) is 0 Å². The summed E-state index contributed by atoms with van der Waals surface area (Å²) in [6, 6.07) is 83.6. The molecule has 11 aromatic rings. The Labute approximate surface area is 338 Å². The Bertz CT molecular complexity index is 3260. The minimum absolute atomic E-state index is 1.09. The number of rotatable bonds is 7. The van der Waals surface area contributed by atoms with Crippen LogP contribution in [0.3, 0.4) is 0 Å². The van der Waals surface area contributed by atoms with Gasteiger partial charge < -0.3 is 9.47 Å². The molecule has 2 nitrogen and oxygen atoms in total. The first-order chi connectivity index (χ1) is 28.8. The maximum atomic E-state index is 2.41. The van der Waals surface area contributed by atoms with Gasteiger partial charge in [-0.15, -0.1) is 0 Å². The number of anilines is 3. The molecule has 0 unspecified atom stereocenters. The lowest BCUT2D eigenvalue weighted by Crippen LogP contribution is -2.10. The second kappa shape index (κ2) is 14.1. The maximum absolute atomic E-state index is 2.41. The van der Waals surface area contributed by atoms with Gasteiger partial charge in [0.05, 0.1) is 11.0 Å². The van der Waals surface area contributed by atoms with Gasteiger partial charge in [-0.05, 0) is 116 Å². The lowest BCUT2D eigenvalue weighted by molar-refractivity contribution is 1.18. The first kappa shape index (κ1) is 33.6. The first-order valence-corrected chi connectivity index (χ1v) is 19.9. The SMILES string of the molecule is c1ccc(-c2c(-c3ccccc3)c3cc(N(c4ccccc4)c4cccc(-c5cccc6c5c5ccccc5n6-c5ccccc5)c4)ccc3c3ccccc23)cc1. The summed E-state index contributed by atoms with van der Waals surface area (Å²) in [6.45, 7) is 0. The molecular formula is C56H38N2. The number of para-hydroxylation sites is 3. The van der Waals surface area contributed by atoms with Crippen molar-refractivity contribution in [2.75, 3.05) is 4.90 Å². The summed E-state index contributed by atoms with van der Waals surface area (Å²) in [5.41, 5.74) is 14.1. The molecule has 0 saturated carbocycles. The van der Waals surface area contributed by atoms with Gasteiger partial charge in [0.2, 0.25) is 0 Å². The Morgan fingerprint density at radius 1 is 0.293 bits per heavy atom. The van der Waals surface area contributed by atoms with Crippen LogP contribution in [0.1, 0.15) is 0 Å². The van der Waals surface area contributed by atoms with Crippen molar-refractivity contribution in [2.24, 2.45) is 0 Å². The van der Waals surface area contributed by atoms with Gasteiger partial charge in [0.1, 0.15) is 0 Å². The quantitative estimate of drug-likeness (QED) is 0.148. The van der Waals surface area contributed by atoms with Crippen LogP contribution in [0.25, 0.3) is 82.4 Å². The summed E-state index contributed by atoms with van der Waals surface area (Å²) in [5.74, 6) is 0. The summed E-state index contributed by atoms with van der Waals surface area (Å²) < 4.78 is 2.39. The van der Waals surface area contributed by atoms with Crippen molar-refractivity contribution in [3.05, 3.63) is 231 Å². The zero-order valence-corrected chi connectivity index (χ0v) is 31.8. The smallest absolute Gasteiger partial charge is 0.0547 e. The number of hydrogen-bond donors (Lipinski definition) is 0. The maximum Gasteiger partial charge on any atom is 0.0547 e. The van der Waals surface area contributed by atoms with E-state index < -0.39 is 0 Å². The molecule has 0 aliphatic carbocycles. The van der Waals surface area contributed by atoms with Crippen molar-refractivity contribution in [2.45, 2.75) is 0 Å². The van der Waals surface area contributed by atoms with Crippen LogP contribution in [0.2, 0.25) is 0 Å². The van der Waals surface area contributed by atoms with Crippen LogP contribution in [0.15, 0.2) is 231 Å². The molecule has 0 saturated heterocycles. The Morgan fingerprint density at radius 3 is 1.52 bits per heavy atom. The molecular weight excluding hydrogens is 701 g/mol. The van der Waals surface area contributed by atoms with Crippen LogP contribution in [0.4, 0.5) is 17.1 Å². The van der Waals surface area contributed by atoms with Crippen molar-refractivity contribution >= 4 is 60.4 Å². The summed E-state index contributed by atoms with van der Waals surface area (Å²) >= 11 is 0. The highest BCUT2D eigenvalue weighted by atomic mass is 15.1. The topological polar surface area (TPSA) is 8.17 Å². The summed E-state index contributed by atoms with van der Waals surface area (Å²) in [6.07, 6.45) is 0. The van der Waals surface area contributed by atoms with Crippen LogP contribution in [-0.2, 0) is 0 Å². The lowest BCUT2D eigenvalue weighted by Gasteiger charge is -2.27. The molecule has 2 heteroatoms. The van der Waals surface area contributed by atoms with Crippen molar-refractivity contribution in [3.8, 4) is 39.1 Å². The van der Waals surface area contributed by atoms with E-state index in [1.807, 2.05) is 0 Å². The van der Waals surface area contributed by atoms with Gasteiger partial charge in [-0.25, -0.2) is 0 Å². The number of benzene rings is 10. The monoisotopic (exact) mass is 738 g/mol. The zero-order chi connectivity index (χ0) is 38.4. The van der Waals surface area contributed by atoms with Gasteiger partial charge in [0, 0.05) is 33.5 Å². The molecule has 0 N–H and O–H groups in total. The fourth-order valence-corrected chi connectivity index (χ4v) is 9.08. The summed E-state index contributed by atoms with van der Waals surface area (Å²) in [4.78, 5) is 2.41. The average molecular weight is 739 g/mol. The molecule has 0 spiro atoms. The molecule has 0 aliphatic heterocycles. The summed E-state index contributed by atoms with van der Waals surface area (Å²) in [5, 5.41) is 7.45. The van der Waals surface area contributed by atoms with E-state index in [0.717, 1.165) is 22.7 Å². The molecule has 58 heavy (non-hydrogen) atoms. The van der Waals surface area contributed by atoms with Gasteiger partial charge in [0.15, 0.2) is 0 Å². The highest BCUT2D eigenvalue weighted by Gasteiger charge is 2.21. The third-order valence-electron chi connectivity index (χ3n) is 11.5. The van der Waals surface area contributed by atoms with E-state index in [1.165, 1.54) is 76.7 Å². The normalized spacial score (nSPS) is 11.4. The molecule has 0 atom stereocenters. The molecule has 0 bridgehead atoms. The molecule has 272 valence electrons. The molecule has 11 rings (SSSR count). The molecule has 0 fully saturated rings. The van der Waals surface area contributed by atoms with Crippen LogP contribution in [-0.4, -0.2) is 4.57 Å². The Kier molecular flexibility index (Phi) is 8.19. The lowest BCUT2D eigenvalue weighted by atomic mass is 9.85. The van der Waals surface area contributed by atoms with Crippen molar-refractivity contribution in [3.63, 3.8) is 0 Å². The highest BCUT2D eigenvalue weighted by molar-refractivity contribution is 6.22. The number of nitrogens with zero attached hydrogens (tertiary/aromatic N) is 2. The predicted molar refractivity (Wildman–Crippen MR) is 247 cm³/mol. The molecule has 0 radical (unpaired) electrons. The standard InChI is InChI=1S/C56H38N2/c1-5-19-39(20-6-1)54-49-30-14-13-29-47(49)48-36-35-45(38-51(48)55(54)40-21-7-2-8-22-40)57(42-24-9-3-10-25-42)44-28-17-23-41(37-44)46-32-18-34-53-56(46)50-31-15-16-33-52(50)58(53)43-26-11-4-12-27-43/h1-38H. The van der Waals surface area contributed by atoms with Crippen LogP contribution >= 0.6 is 0 Å². The van der Waals surface area contributed by atoms with Gasteiger partial charge in [0.25, 0.3) is 0 Å². The summed E-state index contributed by atoms with van der Waals surface area (Å²) in [7, 11) is 0.